The molecule has 1 aromatic carbocycles. The van der Waals surface area contributed by atoms with Crippen LogP contribution in [0, 0.1) is 11.8 Å². The number of fused-ring (bicyclic) bond motifs is 1. The van der Waals surface area contributed by atoms with Crippen molar-refractivity contribution in [2.75, 3.05) is 6.61 Å². The second-order valence-corrected chi connectivity index (χ2v) is 8.72. The molecule has 0 N–H and O–H groups in total. The second kappa shape index (κ2) is 5.36. The molecule has 3 unspecified atom stereocenters. The zero-order valence-electron chi connectivity index (χ0n) is 15.4. The summed E-state index contributed by atoms with van der Waals surface area (Å²) < 4.78 is 5.18. The summed E-state index contributed by atoms with van der Waals surface area (Å²) in [6.45, 7) is 14.2. The lowest BCUT2D eigenvalue weighted by Crippen LogP contribution is -2.40. The van der Waals surface area contributed by atoms with E-state index in [0.29, 0.717) is 18.4 Å². The van der Waals surface area contributed by atoms with Crippen molar-refractivity contribution >= 4 is 5.97 Å². The van der Waals surface area contributed by atoms with Crippen molar-refractivity contribution in [3.63, 3.8) is 0 Å². The molecule has 3 atom stereocenters. The van der Waals surface area contributed by atoms with E-state index < -0.39 is 0 Å². The minimum absolute atomic E-state index is 0.0246. The van der Waals surface area contributed by atoms with E-state index in [-0.39, 0.29) is 22.7 Å². The first-order chi connectivity index (χ1) is 10.7. The highest BCUT2D eigenvalue weighted by atomic mass is 16.5. The van der Waals surface area contributed by atoms with Gasteiger partial charge in [0.15, 0.2) is 0 Å². The fourth-order valence-corrected chi connectivity index (χ4v) is 4.38. The van der Waals surface area contributed by atoms with Gasteiger partial charge in [-0.15, -0.1) is 0 Å². The first-order valence-electron chi connectivity index (χ1n) is 9.00. The fourth-order valence-electron chi connectivity index (χ4n) is 4.38. The number of carbonyl (C=O) groups is 1. The smallest absolute Gasteiger partial charge is 0.309 e. The number of carbonyl (C=O) groups excluding carboxylic acids is 1. The van der Waals surface area contributed by atoms with Crippen molar-refractivity contribution in [1.82, 2.24) is 0 Å². The molecule has 0 radical (unpaired) electrons. The SMILES string of the molecule is CCOC(=O)C1CC1c1ccc2c(c1)C(C)(C)CC(C)C2(C)C. The molecule has 126 valence electrons. The van der Waals surface area contributed by atoms with E-state index in [0.717, 1.165) is 6.42 Å². The van der Waals surface area contributed by atoms with E-state index >= 15 is 0 Å². The van der Waals surface area contributed by atoms with E-state index in [4.69, 9.17) is 4.74 Å². The normalized spacial score (nSPS) is 30.4. The van der Waals surface area contributed by atoms with E-state index in [1.807, 2.05) is 6.92 Å². The van der Waals surface area contributed by atoms with Crippen LogP contribution in [0.25, 0.3) is 0 Å². The number of benzene rings is 1. The Kier molecular flexibility index (Phi) is 3.85. The topological polar surface area (TPSA) is 26.3 Å². The fraction of sp³-hybridized carbons (Fsp3) is 0.667. The predicted molar refractivity (Wildman–Crippen MR) is 93.8 cm³/mol. The van der Waals surface area contributed by atoms with Crippen LogP contribution in [0.1, 0.15) is 77.0 Å². The van der Waals surface area contributed by atoms with Gasteiger partial charge in [-0.25, -0.2) is 0 Å². The first kappa shape index (κ1) is 16.5. The Hall–Kier alpha value is -1.31. The van der Waals surface area contributed by atoms with Crippen molar-refractivity contribution in [3.8, 4) is 0 Å². The number of hydrogen-bond donors (Lipinski definition) is 0. The maximum atomic E-state index is 11.9. The summed E-state index contributed by atoms with van der Waals surface area (Å²) in [5.41, 5.74) is 4.70. The first-order valence-corrected chi connectivity index (χ1v) is 9.00. The molecule has 0 aromatic heterocycles. The van der Waals surface area contributed by atoms with E-state index in [2.05, 4.69) is 52.8 Å². The molecule has 0 heterocycles. The molecule has 0 aliphatic heterocycles. The van der Waals surface area contributed by atoms with Crippen molar-refractivity contribution in [1.29, 1.82) is 0 Å². The summed E-state index contributed by atoms with van der Waals surface area (Å²) >= 11 is 0. The molecule has 3 rings (SSSR count). The molecular weight excluding hydrogens is 284 g/mol. The van der Waals surface area contributed by atoms with Gasteiger partial charge in [0.25, 0.3) is 0 Å². The van der Waals surface area contributed by atoms with Crippen LogP contribution in [0.4, 0.5) is 0 Å². The summed E-state index contributed by atoms with van der Waals surface area (Å²) in [5, 5.41) is 0. The summed E-state index contributed by atoms with van der Waals surface area (Å²) in [5.74, 6) is 1.08. The maximum Gasteiger partial charge on any atom is 0.309 e. The largest absolute Gasteiger partial charge is 0.466 e. The molecule has 2 aliphatic rings. The number of hydrogen-bond acceptors (Lipinski definition) is 2. The molecule has 1 saturated carbocycles. The third-order valence-corrected chi connectivity index (χ3v) is 6.32. The molecular formula is C21H30O2. The molecule has 0 bridgehead atoms. The number of ether oxygens (including phenoxy) is 1. The van der Waals surface area contributed by atoms with Gasteiger partial charge in [-0.2, -0.15) is 0 Å². The lowest BCUT2D eigenvalue weighted by molar-refractivity contribution is -0.144. The van der Waals surface area contributed by atoms with Crippen LogP contribution >= 0.6 is 0 Å². The molecule has 0 saturated heterocycles. The van der Waals surface area contributed by atoms with Gasteiger partial charge in [-0.3, -0.25) is 4.79 Å². The van der Waals surface area contributed by atoms with Gasteiger partial charge >= 0.3 is 5.97 Å². The van der Waals surface area contributed by atoms with Crippen LogP contribution < -0.4 is 0 Å². The van der Waals surface area contributed by atoms with Crippen molar-refractivity contribution in [2.45, 2.75) is 71.1 Å². The van der Waals surface area contributed by atoms with Crippen LogP contribution in [0.5, 0.6) is 0 Å². The van der Waals surface area contributed by atoms with Crippen molar-refractivity contribution < 1.29 is 9.53 Å². The zero-order chi connectivity index (χ0) is 17.0. The summed E-state index contributed by atoms with van der Waals surface area (Å²) in [6.07, 6.45) is 2.15. The lowest BCUT2D eigenvalue weighted by Gasteiger charge is -2.46. The molecule has 1 fully saturated rings. The van der Waals surface area contributed by atoms with E-state index in [9.17, 15) is 4.79 Å². The Morgan fingerprint density at radius 2 is 1.91 bits per heavy atom. The van der Waals surface area contributed by atoms with Gasteiger partial charge in [0.2, 0.25) is 0 Å². The van der Waals surface area contributed by atoms with Crippen LogP contribution in [0.2, 0.25) is 0 Å². The van der Waals surface area contributed by atoms with Crippen LogP contribution in [-0.2, 0) is 20.4 Å². The molecule has 2 aliphatic carbocycles. The maximum absolute atomic E-state index is 11.9. The predicted octanol–water partition coefficient (Wildman–Crippen LogP) is 4.95. The Morgan fingerprint density at radius 1 is 1.22 bits per heavy atom. The highest BCUT2D eigenvalue weighted by molar-refractivity contribution is 5.77. The summed E-state index contributed by atoms with van der Waals surface area (Å²) in [6, 6.07) is 6.95. The van der Waals surface area contributed by atoms with Gasteiger partial charge in [0.05, 0.1) is 12.5 Å². The molecule has 2 nitrogen and oxygen atoms in total. The second-order valence-electron chi connectivity index (χ2n) is 8.72. The molecule has 0 amide bonds. The van der Waals surface area contributed by atoms with Crippen molar-refractivity contribution in [2.24, 2.45) is 11.8 Å². The molecule has 2 heteroatoms. The van der Waals surface area contributed by atoms with Gasteiger partial charge in [0.1, 0.15) is 0 Å². The summed E-state index contributed by atoms with van der Waals surface area (Å²) in [4.78, 5) is 11.9. The zero-order valence-corrected chi connectivity index (χ0v) is 15.4. The summed E-state index contributed by atoms with van der Waals surface area (Å²) in [7, 11) is 0. The number of esters is 1. The average Bonchev–Trinajstić information content (AvgIpc) is 3.25. The van der Waals surface area contributed by atoms with E-state index in [1.54, 1.807) is 0 Å². The van der Waals surface area contributed by atoms with Gasteiger partial charge in [0, 0.05) is 0 Å². The van der Waals surface area contributed by atoms with Crippen LogP contribution in [0.3, 0.4) is 0 Å². The van der Waals surface area contributed by atoms with Crippen LogP contribution in [0.15, 0.2) is 18.2 Å². The van der Waals surface area contributed by atoms with Crippen LogP contribution in [-0.4, -0.2) is 12.6 Å². The molecule has 23 heavy (non-hydrogen) atoms. The Labute approximate surface area is 140 Å². The molecule has 1 aromatic rings. The third-order valence-electron chi connectivity index (χ3n) is 6.32. The van der Waals surface area contributed by atoms with Gasteiger partial charge < -0.3 is 4.74 Å². The highest BCUT2D eigenvalue weighted by Gasteiger charge is 2.47. The van der Waals surface area contributed by atoms with Gasteiger partial charge in [-0.1, -0.05) is 52.8 Å². The minimum atomic E-state index is -0.0246. The number of rotatable bonds is 3. The quantitative estimate of drug-likeness (QED) is 0.738. The van der Waals surface area contributed by atoms with Gasteiger partial charge in [-0.05, 0) is 59.1 Å². The Balaban J connectivity index is 1.93. The Morgan fingerprint density at radius 3 is 2.57 bits per heavy atom. The molecule has 0 spiro atoms. The van der Waals surface area contributed by atoms with E-state index in [1.165, 1.54) is 23.1 Å². The Bertz CT molecular complexity index is 627. The lowest BCUT2D eigenvalue weighted by atomic mass is 9.58. The minimum Gasteiger partial charge on any atom is -0.466 e. The standard InChI is InChI=1S/C21H30O2/c1-7-23-19(22)16-11-15(16)14-8-9-17-18(10-14)20(3,4)12-13(2)21(17,5)6/h8-10,13,15-16H,7,11-12H2,1-6H3. The highest BCUT2D eigenvalue weighted by Crippen LogP contribution is 2.53. The average molecular weight is 314 g/mol. The monoisotopic (exact) mass is 314 g/mol. The third kappa shape index (κ3) is 2.70. The van der Waals surface area contributed by atoms with Crippen molar-refractivity contribution in [3.05, 3.63) is 34.9 Å².